The number of aromatic hydroxyl groups is 1. The van der Waals surface area contributed by atoms with Crippen LogP contribution in [0.25, 0.3) is 0 Å². The maximum absolute atomic E-state index is 9.32. The van der Waals surface area contributed by atoms with Gasteiger partial charge in [-0.3, -0.25) is 0 Å². The minimum absolute atomic E-state index is 0.215. The number of rotatable bonds is 2. The fourth-order valence-corrected chi connectivity index (χ4v) is 2.15. The van der Waals surface area contributed by atoms with E-state index < -0.39 is 0 Å². The van der Waals surface area contributed by atoms with E-state index in [1.807, 2.05) is 18.2 Å². The van der Waals surface area contributed by atoms with Gasteiger partial charge >= 0.3 is 0 Å². The van der Waals surface area contributed by atoms with Gasteiger partial charge in [-0.2, -0.15) is 5.26 Å². The highest BCUT2D eigenvalue weighted by Gasteiger charge is 2.04. The van der Waals surface area contributed by atoms with Gasteiger partial charge in [0.15, 0.2) is 5.69 Å². The molecule has 78 valence electrons. The van der Waals surface area contributed by atoms with Gasteiger partial charge in [0.05, 0.1) is 0 Å². The van der Waals surface area contributed by atoms with E-state index in [1.54, 1.807) is 30.5 Å². The second-order valence-electron chi connectivity index (χ2n) is 3.06. The van der Waals surface area contributed by atoms with Gasteiger partial charge in [0.1, 0.15) is 11.8 Å². The first-order valence-corrected chi connectivity index (χ1v) is 5.43. The number of phenols is 1. The molecule has 2 rings (SSSR count). The summed E-state index contributed by atoms with van der Waals surface area (Å²) in [6.07, 6.45) is 1.59. The van der Waals surface area contributed by atoms with Gasteiger partial charge in [0.25, 0.3) is 0 Å². The van der Waals surface area contributed by atoms with E-state index >= 15 is 0 Å². The lowest BCUT2D eigenvalue weighted by molar-refractivity contribution is 0.474. The normalized spacial score (nSPS) is 9.69. The van der Waals surface area contributed by atoms with Crippen LogP contribution in [0.3, 0.4) is 0 Å². The van der Waals surface area contributed by atoms with Crippen molar-refractivity contribution in [3.8, 4) is 11.8 Å². The van der Waals surface area contributed by atoms with E-state index in [0.717, 1.165) is 9.79 Å². The number of benzene rings is 1. The zero-order chi connectivity index (χ0) is 11.4. The van der Waals surface area contributed by atoms with E-state index in [-0.39, 0.29) is 5.75 Å². The molecule has 1 aromatic carbocycles. The highest BCUT2D eigenvalue weighted by atomic mass is 32.2. The summed E-state index contributed by atoms with van der Waals surface area (Å²) < 4.78 is 0. The van der Waals surface area contributed by atoms with E-state index in [2.05, 4.69) is 4.98 Å². The third kappa shape index (κ3) is 2.33. The van der Waals surface area contributed by atoms with Gasteiger partial charge in [-0.25, -0.2) is 4.98 Å². The Morgan fingerprint density at radius 3 is 2.88 bits per heavy atom. The van der Waals surface area contributed by atoms with Gasteiger partial charge in [0.2, 0.25) is 0 Å². The van der Waals surface area contributed by atoms with Crippen LogP contribution in [0.15, 0.2) is 52.4 Å². The molecule has 0 saturated heterocycles. The number of hydrogen-bond donors (Lipinski definition) is 1. The standard InChI is InChI=1S/C12H8N2OS/c13-8-11-12(5-2-6-14-11)16-10-4-1-3-9(15)7-10/h1-7,15H. The van der Waals surface area contributed by atoms with E-state index in [9.17, 15) is 5.11 Å². The fraction of sp³-hybridized carbons (Fsp3) is 0. The number of aromatic nitrogens is 1. The van der Waals surface area contributed by atoms with Crippen LogP contribution in [-0.4, -0.2) is 10.1 Å². The Morgan fingerprint density at radius 2 is 2.12 bits per heavy atom. The zero-order valence-corrected chi connectivity index (χ0v) is 9.11. The molecule has 0 amide bonds. The topological polar surface area (TPSA) is 56.9 Å². The Kier molecular flexibility index (Phi) is 3.08. The van der Waals surface area contributed by atoms with Crippen LogP contribution >= 0.6 is 11.8 Å². The first-order valence-electron chi connectivity index (χ1n) is 4.61. The number of phenolic OH excluding ortho intramolecular Hbond substituents is 1. The molecule has 16 heavy (non-hydrogen) atoms. The van der Waals surface area contributed by atoms with Crippen LogP contribution in [0.1, 0.15) is 5.69 Å². The van der Waals surface area contributed by atoms with Crippen LogP contribution in [-0.2, 0) is 0 Å². The summed E-state index contributed by atoms with van der Waals surface area (Å²) in [5, 5.41) is 18.2. The van der Waals surface area contributed by atoms with Crippen molar-refractivity contribution >= 4 is 11.8 Å². The maximum atomic E-state index is 9.32. The molecule has 1 aromatic heterocycles. The third-order valence-corrected chi connectivity index (χ3v) is 2.96. The van der Waals surface area contributed by atoms with Crippen LogP contribution in [0.5, 0.6) is 5.75 Å². The highest BCUT2D eigenvalue weighted by Crippen LogP contribution is 2.30. The van der Waals surface area contributed by atoms with Crippen LogP contribution in [0.2, 0.25) is 0 Å². The predicted molar refractivity (Wildman–Crippen MR) is 61.2 cm³/mol. The summed E-state index contributed by atoms with van der Waals surface area (Å²) in [4.78, 5) is 5.64. The van der Waals surface area contributed by atoms with Crippen molar-refractivity contribution in [1.29, 1.82) is 5.26 Å². The molecular formula is C12H8N2OS. The molecule has 0 bridgehead atoms. The van der Waals surface area contributed by atoms with Crippen LogP contribution in [0.4, 0.5) is 0 Å². The lowest BCUT2D eigenvalue weighted by Gasteiger charge is -2.02. The van der Waals surface area contributed by atoms with Crippen LogP contribution in [0, 0.1) is 11.3 Å². The average molecular weight is 228 g/mol. The molecule has 0 spiro atoms. The van der Waals surface area contributed by atoms with Crippen molar-refractivity contribution in [1.82, 2.24) is 4.98 Å². The Balaban J connectivity index is 2.31. The Labute approximate surface area is 97.4 Å². The maximum Gasteiger partial charge on any atom is 0.154 e. The molecule has 0 fully saturated rings. The summed E-state index contributed by atoms with van der Waals surface area (Å²) in [6, 6.07) is 12.6. The minimum Gasteiger partial charge on any atom is -0.508 e. The van der Waals surface area contributed by atoms with Crippen molar-refractivity contribution in [2.45, 2.75) is 9.79 Å². The van der Waals surface area contributed by atoms with Gasteiger partial charge in [-0.05, 0) is 30.3 Å². The van der Waals surface area contributed by atoms with E-state index in [1.165, 1.54) is 11.8 Å². The predicted octanol–water partition coefficient (Wildman–Crippen LogP) is 2.81. The lowest BCUT2D eigenvalue weighted by atomic mass is 10.3. The number of hydrogen-bond acceptors (Lipinski definition) is 4. The molecule has 3 nitrogen and oxygen atoms in total. The summed E-state index contributed by atoms with van der Waals surface area (Å²) in [6.45, 7) is 0. The van der Waals surface area contributed by atoms with Gasteiger partial charge in [-0.15, -0.1) is 0 Å². The molecule has 0 aliphatic heterocycles. The summed E-state index contributed by atoms with van der Waals surface area (Å²) in [5.41, 5.74) is 0.399. The Morgan fingerprint density at radius 1 is 1.25 bits per heavy atom. The molecule has 0 aliphatic rings. The van der Waals surface area contributed by atoms with Crippen molar-refractivity contribution in [3.05, 3.63) is 48.3 Å². The van der Waals surface area contributed by atoms with E-state index in [0.29, 0.717) is 5.69 Å². The molecular weight excluding hydrogens is 220 g/mol. The Bertz CT molecular complexity index is 549. The highest BCUT2D eigenvalue weighted by molar-refractivity contribution is 7.99. The first-order chi connectivity index (χ1) is 7.79. The second kappa shape index (κ2) is 4.69. The molecule has 2 aromatic rings. The molecule has 0 unspecified atom stereocenters. The fourth-order valence-electron chi connectivity index (χ4n) is 1.23. The molecule has 1 N–H and O–H groups in total. The molecule has 0 aliphatic carbocycles. The summed E-state index contributed by atoms with van der Waals surface area (Å²) >= 11 is 1.41. The van der Waals surface area contributed by atoms with Crippen molar-refractivity contribution < 1.29 is 5.11 Å². The molecule has 1 heterocycles. The second-order valence-corrected chi connectivity index (χ2v) is 4.18. The lowest BCUT2D eigenvalue weighted by Crippen LogP contribution is -1.84. The Hall–Kier alpha value is -1.99. The van der Waals surface area contributed by atoms with Crippen molar-refractivity contribution in [2.75, 3.05) is 0 Å². The van der Waals surface area contributed by atoms with Gasteiger partial charge in [-0.1, -0.05) is 17.8 Å². The monoisotopic (exact) mass is 228 g/mol. The summed E-state index contributed by atoms with van der Waals surface area (Å²) in [7, 11) is 0. The van der Waals surface area contributed by atoms with E-state index in [4.69, 9.17) is 5.26 Å². The van der Waals surface area contributed by atoms with Gasteiger partial charge in [0, 0.05) is 16.0 Å². The quantitative estimate of drug-likeness (QED) is 0.858. The summed E-state index contributed by atoms with van der Waals surface area (Å²) in [5.74, 6) is 0.215. The third-order valence-electron chi connectivity index (χ3n) is 1.92. The number of pyridine rings is 1. The largest absolute Gasteiger partial charge is 0.508 e. The minimum atomic E-state index is 0.215. The number of nitrogens with zero attached hydrogens (tertiary/aromatic N) is 2. The average Bonchev–Trinajstić information content (AvgIpc) is 2.30. The van der Waals surface area contributed by atoms with Crippen LogP contribution < -0.4 is 0 Å². The zero-order valence-electron chi connectivity index (χ0n) is 8.29. The smallest absolute Gasteiger partial charge is 0.154 e. The van der Waals surface area contributed by atoms with Crippen molar-refractivity contribution in [2.24, 2.45) is 0 Å². The number of nitriles is 1. The van der Waals surface area contributed by atoms with Crippen molar-refractivity contribution in [3.63, 3.8) is 0 Å². The molecule has 0 radical (unpaired) electrons. The molecule has 0 saturated carbocycles. The van der Waals surface area contributed by atoms with Gasteiger partial charge < -0.3 is 5.11 Å². The molecule has 0 atom stereocenters. The first kappa shape index (κ1) is 10.5. The SMILES string of the molecule is N#Cc1ncccc1Sc1cccc(O)c1. The molecule has 4 heteroatoms.